The summed E-state index contributed by atoms with van der Waals surface area (Å²) in [5, 5.41) is 9.47. The fourth-order valence-electron chi connectivity index (χ4n) is 4.99. The van der Waals surface area contributed by atoms with Crippen molar-refractivity contribution >= 4 is 19.8 Å². The molecule has 0 rings (SSSR count). The number of nitrogens with zero attached hydrogens (tertiary/aromatic N) is 1. The maximum absolute atomic E-state index is 12.6. The number of phosphoric acid groups is 1. The Morgan fingerprint density at radius 3 is 1.73 bits per heavy atom. The number of hydrogen-bond donors (Lipinski definition) is 2. The van der Waals surface area contributed by atoms with E-state index >= 15 is 0 Å². The SMILES string of the molecule is CCCCCCCCCCCCCC(=O)OCC(COP(=O)(O)OCC[N+](C)(C)C)OC(=O)CC/C=C\C/C=C\C/C=C\C/C=C\C/C=C\C=C\C(O)CC. The first-order valence-corrected chi connectivity index (χ1v) is 22.3. The van der Waals surface area contributed by atoms with E-state index in [1.54, 1.807) is 6.08 Å². The maximum Gasteiger partial charge on any atom is 0.472 e. The first kappa shape index (κ1) is 52.4. The molecule has 3 unspecified atom stereocenters. The molecule has 11 heteroatoms. The van der Waals surface area contributed by atoms with Gasteiger partial charge in [-0.15, -0.1) is 0 Å². The van der Waals surface area contributed by atoms with E-state index in [2.05, 4.69) is 43.4 Å². The van der Waals surface area contributed by atoms with Crippen LogP contribution in [-0.2, 0) is 32.7 Å². The molecule has 316 valence electrons. The normalized spacial score (nSPS) is 15.0. The zero-order chi connectivity index (χ0) is 40.9. The Morgan fingerprint density at radius 1 is 0.655 bits per heavy atom. The molecule has 2 N–H and O–H groups in total. The highest BCUT2D eigenvalue weighted by Crippen LogP contribution is 2.43. The Labute approximate surface area is 334 Å². The third-order valence-corrected chi connectivity index (χ3v) is 9.41. The second-order valence-electron chi connectivity index (χ2n) is 14.8. The number of likely N-dealkylation sites (N-methyl/N-ethyl adjacent to an activating group) is 1. The van der Waals surface area contributed by atoms with Gasteiger partial charge in [0.2, 0.25) is 0 Å². The molecule has 0 saturated carbocycles. The highest BCUT2D eigenvalue weighted by atomic mass is 31.2. The van der Waals surface area contributed by atoms with Gasteiger partial charge in [-0.3, -0.25) is 18.6 Å². The highest BCUT2D eigenvalue weighted by molar-refractivity contribution is 7.47. The van der Waals surface area contributed by atoms with Crippen LogP contribution in [0.2, 0.25) is 0 Å². The van der Waals surface area contributed by atoms with Gasteiger partial charge in [0.1, 0.15) is 19.8 Å². The van der Waals surface area contributed by atoms with Crippen molar-refractivity contribution in [3.63, 3.8) is 0 Å². The molecule has 0 aromatic rings. The first-order valence-electron chi connectivity index (χ1n) is 20.8. The Balaban J connectivity index is 4.55. The molecule has 0 spiro atoms. The van der Waals surface area contributed by atoms with Crippen LogP contribution in [0.25, 0.3) is 0 Å². The molecule has 0 bridgehead atoms. The zero-order valence-corrected chi connectivity index (χ0v) is 35.9. The molecule has 0 aliphatic heterocycles. The van der Waals surface area contributed by atoms with Crippen molar-refractivity contribution in [2.24, 2.45) is 0 Å². The summed E-state index contributed by atoms with van der Waals surface area (Å²) < 4.78 is 34.1. The van der Waals surface area contributed by atoms with Gasteiger partial charge in [0.05, 0.1) is 33.9 Å². The fourth-order valence-corrected chi connectivity index (χ4v) is 5.73. The van der Waals surface area contributed by atoms with Crippen LogP contribution in [0, 0.1) is 0 Å². The van der Waals surface area contributed by atoms with Gasteiger partial charge in [0.25, 0.3) is 0 Å². The molecule has 3 atom stereocenters. The van der Waals surface area contributed by atoms with Crippen LogP contribution in [0.15, 0.2) is 72.9 Å². The second kappa shape index (κ2) is 35.8. The summed E-state index contributed by atoms with van der Waals surface area (Å²) in [5.41, 5.74) is 0. The average molecular weight is 795 g/mol. The number of carbonyl (C=O) groups excluding carboxylic acids is 2. The van der Waals surface area contributed by atoms with E-state index in [1.165, 1.54) is 51.4 Å². The molecule has 0 aromatic carbocycles. The number of aliphatic hydroxyl groups excluding tert-OH is 1. The molecular formula is C44H77NO9P+. The van der Waals surface area contributed by atoms with E-state index in [4.69, 9.17) is 18.5 Å². The van der Waals surface area contributed by atoms with E-state index in [0.717, 1.165) is 51.4 Å². The van der Waals surface area contributed by atoms with Crippen molar-refractivity contribution in [3.8, 4) is 0 Å². The predicted octanol–water partition coefficient (Wildman–Crippen LogP) is 10.4. The number of unbranched alkanes of at least 4 members (excludes halogenated alkanes) is 10. The van der Waals surface area contributed by atoms with E-state index in [-0.39, 0.29) is 32.2 Å². The van der Waals surface area contributed by atoms with Crippen LogP contribution in [0.1, 0.15) is 136 Å². The molecule has 0 saturated heterocycles. The third-order valence-electron chi connectivity index (χ3n) is 8.42. The lowest BCUT2D eigenvalue weighted by Crippen LogP contribution is -2.37. The number of hydrogen-bond acceptors (Lipinski definition) is 8. The number of quaternary nitrogens is 1. The number of carbonyl (C=O) groups is 2. The topological polar surface area (TPSA) is 129 Å². The summed E-state index contributed by atoms with van der Waals surface area (Å²) in [5.74, 6) is -0.919. The van der Waals surface area contributed by atoms with Crippen molar-refractivity contribution in [2.45, 2.75) is 148 Å². The van der Waals surface area contributed by atoms with E-state index in [0.29, 0.717) is 17.4 Å². The van der Waals surface area contributed by atoms with Crippen LogP contribution >= 0.6 is 7.82 Å². The van der Waals surface area contributed by atoms with Crippen molar-refractivity contribution in [1.82, 2.24) is 0 Å². The molecule has 0 aliphatic carbocycles. The number of ether oxygens (including phenoxy) is 2. The van der Waals surface area contributed by atoms with Crippen molar-refractivity contribution < 1.29 is 47.2 Å². The zero-order valence-electron chi connectivity index (χ0n) is 35.0. The Kier molecular flexibility index (Phi) is 34.1. The molecule has 0 amide bonds. The lowest BCUT2D eigenvalue weighted by Gasteiger charge is -2.24. The number of phosphoric ester groups is 1. The van der Waals surface area contributed by atoms with Crippen LogP contribution < -0.4 is 0 Å². The van der Waals surface area contributed by atoms with Gasteiger partial charge in [0, 0.05) is 12.8 Å². The molecule has 0 aliphatic rings. The molecule has 10 nitrogen and oxygen atoms in total. The minimum Gasteiger partial charge on any atom is -0.462 e. The average Bonchev–Trinajstić information content (AvgIpc) is 3.13. The third kappa shape index (κ3) is 39.4. The van der Waals surface area contributed by atoms with Gasteiger partial charge < -0.3 is 24.0 Å². The van der Waals surface area contributed by atoms with Crippen LogP contribution in [0.3, 0.4) is 0 Å². The van der Waals surface area contributed by atoms with Crippen molar-refractivity contribution in [3.05, 3.63) is 72.9 Å². The highest BCUT2D eigenvalue weighted by Gasteiger charge is 2.27. The van der Waals surface area contributed by atoms with Crippen molar-refractivity contribution in [1.29, 1.82) is 0 Å². The lowest BCUT2D eigenvalue weighted by molar-refractivity contribution is -0.870. The van der Waals surface area contributed by atoms with Gasteiger partial charge in [-0.25, -0.2) is 4.57 Å². The number of aliphatic hydroxyl groups is 1. The Hall–Kier alpha value is -2.59. The van der Waals surface area contributed by atoms with E-state index < -0.39 is 32.5 Å². The van der Waals surface area contributed by atoms with Crippen LogP contribution in [0.5, 0.6) is 0 Å². The van der Waals surface area contributed by atoms with Gasteiger partial charge in [-0.05, 0) is 44.9 Å². The number of allylic oxidation sites excluding steroid dienone is 11. The lowest BCUT2D eigenvalue weighted by atomic mass is 10.1. The Morgan fingerprint density at radius 2 is 1.18 bits per heavy atom. The smallest absolute Gasteiger partial charge is 0.462 e. The monoisotopic (exact) mass is 795 g/mol. The summed E-state index contributed by atoms with van der Waals surface area (Å²) in [7, 11) is 1.40. The second-order valence-corrected chi connectivity index (χ2v) is 16.3. The minimum absolute atomic E-state index is 0.00988. The number of esters is 2. The molecule has 0 aromatic heterocycles. The molecule has 0 fully saturated rings. The van der Waals surface area contributed by atoms with Crippen LogP contribution in [-0.4, -0.2) is 86.1 Å². The first-order chi connectivity index (χ1) is 26.4. The standard InChI is InChI=1S/C44H76NO9P/c1-6-8-9-10-11-12-19-23-26-29-32-35-43(47)51-39-42(40-53-55(49,50)52-38-37-45(3,4)5)54-44(48)36-33-30-27-24-21-18-16-14-13-15-17-20-22-25-28-31-34-41(46)7-2/h13-14,17-18,20-21,25,27-28,30-31,34,41-42,46H,6-12,15-16,19,22-24,26,29,32-33,35-40H2,1-5H3/p+1/b14-13-,20-17-,21-18-,28-25-,30-27-,34-31+. The van der Waals surface area contributed by atoms with Gasteiger partial charge in [-0.2, -0.15) is 0 Å². The van der Waals surface area contributed by atoms with Crippen LogP contribution in [0.4, 0.5) is 0 Å². The predicted molar refractivity (Wildman–Crippen MR) is 225 cm³/mol. The Bertz CT molecular complexity index is 1190. The minimum atomic E-state index is -4.40. The molecule has 0 heterocycles. The van der Waals surface area contributed by atoms with Crippen molar-refractivity contribution in [2.75, 3.05) is 47.5 Å². The van der Waals surface area contributed by atoms with Gasteiger partial charge >= 0.3 is 19.8 Å². The largest absolute Gasteiger partial charge is 0.472 e. The summed E-state index contributed by atoms with van der Waals surface area (Å²) in [6.45, 7) is 3.96. The quantitative estimate of drug-likeness (QED) is 0.0159. The fraction of sp³-hybridized carbons (Fsp3) is 0.682. The molecular weight excluding hydrogens is 717 g/mol. The van der Waals surface area contributed by atoms with E-state index in [9.17, 15) is 24.2 Å². The number of rotatable bonds is 36. The molecule has 55 heavy (non-hydrogen) atoms. The summed E-state index contributed by atoms with van der Waals surface area (Å²) in [6, 6.07) is 0. The maximum atomic E-state index is 12.6. The summed E-state index contributed by atoms with van der Waals surface area (Å²) in [4.78, 5) is 35.2. The summed E-state index contributed by atoms with van der Waals surface area (Å²) >= 11 is 0. The van der Waals surface area contributed by atoms with E-state index in [1.807, 2.05) is 58.4 Å². The van der Waals surface area contributed by atoms with Gasteiger partial charge in [-0.1, -0.05) is 151 Å². The molecule has 0 radical (unpaired) electrons. The summed E-state index contributed by atoms with van der Waals surface area (Å²) in [6.07, 6.45) is 40.6. The van der Waals surface area contributed by atoms with Gasteiger partial charge in [0.15, 0.2) is 6.10 Å².